The smallest absolute Gasteiger partial charge is 0.0626 e. The van der Waals surface area contributed by atoms with Crippen molar-refractivity contribution in [2.75, 3.05) is 13.7 Å². The minimum Gasteiger partial charge on any atom is -0.394 e. The quantitative estimate of drug-likeness (QED) is 0.878. The molecule has 4 heteroatoms. The molecule has 0 aliphatic heterocycles. The first-order chi connectivity index (χ1) is 6.17. The molecule has 0 bridgehead atoms. The lowest BCUT2D eigenvalue weighted by atomic mass is 10.1. The molecule has 1 aromatic carbocycles. The number of hydrogen-bond acceptors (Lipinski definition) is 2. The van der Waals surface area contributed by atoms with Crippen molar-refractivity contribution >= 4 is 27.5 Å². The number of benzene rings is 1. The first-order valence-corrected chi connectivity index (χ1v) is 5.08. The summed E-state index contributed by atoms with van der Waals surface area (Å²) in [5.74, 6) is 0. The van der Waals surface area contributed by atoms with Crippen molar-refractivity contribution in [2.45, 2.75) is 6.04 Å². The van der Waals surface area contributed by atoms with Crippen LogP contribution < -0.4 is 5.32 Å². The molecule has 0 saturated heterocycles. The third-order valence-corrected chi connectivity index (χ3v) is 2.49. The highest BCUT2D eigenvalue weighted by Gasteiger charge is 2.08. The van der Waals surface area contributed by atoms with Gasteiger partial charge < -0.3 is 10.4 Å². The fraction of sp³-hybridized carbons (Fsp3) is 0.333. The van der Waals surface area contributed by atoms with E-state index in [9.17, 15) is 0 Å². The Morgan fingerprint density at radius 2 is 2.23 bits per heavy atom. The highest BCUT2D eigenvalue weighted by Crippen LogP contribution is 2.23. The van der Waals surface area contributed by atoms with Crippen LogP contribution in [0, 0.1) is 0 Å². The molecule has 1 unspecified atom stereocenters. The van der Waals surface area contributed by atoms with E-state index in [1.165, 1.54) is 0 Å². The summed E-state index contributed by atoms with van der Waals surface area (Å²) in [4.78, 5) is 0. The van der Waals surface area contributed by atoms with Crippen LogP contribution in [0.5, 0.6) is 0 Å². The summed E-state index contributed by atoms with van der Waals surface area (Å²) in [6.07, 6.45) is 0. The number of likely N-dealkylation sites (N-methyl/N-ethyl adjacent to an activating group) is 1. The number of aliphatic hydroxyl groups is 1. The van der Waals surface area contributed by atoms with Crippen LogP contribution in [0.15, 0.2) is 22.7 Å². The molecule has 0 aliphatic rings. The summed E-state index contributed by atoms with van der Waals surface area (Å²) in [6, 6.07) is 5.53. The monoisotopic (exact) mass is 263 g/mol. The average molecular weight is 265 g/mol. The zero-order valence-corrected chi connectivity index (χ0v) is 9.56. The zero-order valence-electron chi connectivity index (χ0n) is 7.22. The lowest BCUT2D eigenvalue weighted by molar-refractivity contribution is 0.251. The van der Waals surface area contributed by atoms with E-state index in [4.69, 9.17) is 16.7 Å². The molecule has 0 radical (unpaired) electrons. The SMILES string of the molecule is CNC(CO)c1cc(Cl)cc(Br)c1. The van der Waals surface area contributed by atoms with Crippen molar-refractivity contribution in [1.29, 1.82) is 0 Å². The summed E-state index contributed by atoms with van der Waals surface area (Å²) < 4.78 is 0.920. The molecular formula is C9H11BrClNO. The minimum absolute atomic E-state index is 0.0588. The number of aliphatic hydroxyl groups excluding tert-OH is 1. The molecule has 1 atom stereocenters. The van der Waals surface area contributed by atoms with Crippen molar-refractivity contribution in [3.05, 3.63) is 33.3 Å². The zero-order chi connectivity index (χ0) is 9.84. The van der Waals surface area contributed by atoms with Crippen molar-refractivity contribution in [3.8, 4) is 0 Å². The Morgan fingerprint density at radius 1 is 1.54 bits per heavy atom. The first-order valence-electron chi connectivity index (χ1n) is 3.91. The van der Waals surface area contributed by atoms with Crippen molar-refractivity contribution in [2.24, 2.45) is 0 Å². The standard InChI is InChI=1S/C9H11BrClNO/c1-12-9(5-13)6-2-7(10)4-8(11)3-6/h2-4,9,12-13H,5H2,1H3. The summed E-state index contributed by atoms with van der Waals surface area (Å²) in [6.45, 7) is 0.0588. The van der Waals surface area contributed by atoms with E-state index >= 15 is 0 Å². The predicted molar refractivity (Wildman–Crippen MR) is 58.0 cm³/mol. The Kier molecular flexibility index (Phi) is 4.19. The van der Waals surface area contributed by atoms with E-state index in [2.05, 4.69) is 21.2 Å². The molecule has 0 spiro atoms. The number of halogens is 2. The number of nitrogens with one attached hydrogen (secondary N) is 1. The van der Waals surface area contributed by atoms with Gasteiger partial charge >= 0.3 is 0 Å². The molecule has 0 saturated carbocycles. The molecule has 72 valence electrons. The largest absolute Gasteiger partial charge is 0.394 e. The van der Waals surface area contributed by atoms with Crippen LogP contribution >= 0.6 is 27.5 Å². The highest BCUT2D eigenvalue weighted by molar-refractivity contribution is 9.10. The van der Waals surface area contributed by atoms with Crippen LogP contribution in [0.3, 0.4) is 0 Å². The van der Waals surface area contributed by atoms with E-state index in [-0.39, 0.29) is 12.6 Å². The Bertz CT molecular complexity index is 269. The summed E-state index contributed by atoms with van der Waals surface area (Å²) in [7, 11) is 1.80. The van der Waals surface area contributed by atoms with Gasteiger partial charge in [-0.15, -0.1) is 0 Å². The lowest BCUT2D eigenvalue weighted by Crippen LogP contribution is -2.19. The van der Waals surface area contributed by atoms with Gasteiger partial charge in [-0.05, 0) is 30.8 Å². The Labute approximate surface area is 91.0 Å². The second-order valence-corrected chi connectivity index (χ2v) is 4.08. The molecule has 1 aromatic rings. The molecule has 0 heterocycles. The average Bonchev–Trinajstić information content (AvgIpc) is 2.04. The van der Waals surface area contributed by atoms with Gasteiger partial charge in [-0.3, -0.25) is 0 Å². The van der Waals surface area contributed by atoms with Crippen molar-refractivity contribution in [3.63, 3.8) is 0 Å². The fourth-order valence-electron chi connectivity index (χ4n) is 1.14. The predicted octanol–water partition coefficient (Wildman–Crippen LogP) is 2.36. The maximum Gasteiger partial charge on any atom is 0.0626 e. The van der Waals surface area contributed by atoms with Gasteiger partial charge in [0.1, 0.15) is 0 Å². The molecule has 0 aromatic heterocycles. The van der Waals surface area contributed by atoms with Crippen LogP contribution in [-0.2, 0) is 0 Å². The molecule has 0 fully saturated rings. The normalized spacial score (nSPS) is 12.9. The minimum atomic E-state index is -0.0602. The Morgan fingerprint density at radius 3 is 2.69 bits per heavy atom. The summed E-state index contributed by atoms with van der Waals surface area (Å²) in [5, 5.41) is 12.7. The molecular weight excluding hydrogens is 253 g/mol. The van der Waals surface area contributed by atoms with E-state index in [1.807, 2.05) is 18.2 Å². The van der Waals surface area contributed by atoms with Gasteiger partial charge in [0.05, 0.1) is 12.6 Å². The van der Waals surface area contributed by atoms with Crippen LogP contribution in [0.25, 0.3) is 0 Å². The van der Waals surface area contributed by atoms with Crippen LogP contribution in [0.1, 0.15) is 11.6 Å². The summed E-state index contributed by atoms with van der Waals surface area (Å²) >= 11 is 9.21. The maximum atomic E-state index is 9.04. The second-order valence-electron chi connectivity index (χ2n) is 2.73. The molecule has 2 nitrogen and oxygen atoms in total. The number of rotatable bonds is 3. The topological polar surface area (TPSA) is 32.3 Å². The van der Waals surface area contributed by atoms with Crippen molar-refractivity contribution < 1.29 is 5.11 Å². The Hall–Kier alpha value is -0.0900. The van der Waals surface area contributed by atoms with Crippen LogP contribution in [0.2, 0.25) is 5.02 Å². The Balaban J connectivity index is 2.99. The first kappa shape index (κ1) is 11.0. The van der Waals surface area contributed by atoms with Crippen LogP contribution in [0.4, 0.5) is 0 Å². The van der Waals surface area contributed by atoms with Gasteiger partial charge in [0.15, 0.2) is 0 Å². The van der Waals surface area contributed by atoms with E-state index in [1.54, 1.807) is 7.05 Å². The third-order valence-electron chi connectivity index (χ3n) is 1.82. The fourth-order valence-corrected chi connectivity index (χ4v) is 2.03. The van der Waals surface area contributed by atoms with Gasteiger partial charge in [-0.2, -0.15) is 0 Å². The molecule has 13 heavy (non-hydrogen) atoms. The second kappa shape index (κ2) is 4.96. The van der Waals surface area contributed by atoms with E-state index in [0.29, 0.717) is 5.02 Å². The van der Waals surface area contributed by atoms with Gasteiger partial charge in [-0.1, -0.05) is 27.5 Å². The molecule has 1 rings (SSSR count). The van der Waals surface area contributed by atoms with E-state index in [0.717, 1.165) is 10.0 Å². The highest BCUT2D eigenvalue weighted by atomic mass is 79.9. The lowest BCUT2D eigenvalue weighted by Gasteiger charge is -2.13. The van der Waals surface area contributed by atoms with Crippen molar-refractivity contribution in [1.82, 2.24) is 5.32 Å². The molecule has 0 amide bonds. The molecule has 2 N–H and O–H groups in total. The van der Waals surface area contributed by atoms with Crippen LogP contribution in [-0.4, -0.2) is 18.8 Å². The number of hydrogen-bond donors (Lipinski definition) is 2. The molecule has 0 aliphatic carbocycles. The van der Waals surface area contributed by atoms with Gasteiger partial charge in [0.25, 0.3) is 0 Å². The third kappa shape index (κ3) is 2.95. The van der Waals surface area contributed by atoms with Gasteiger partial charge in [-0.25, -0.2) is 0 Å². The maximum absolute atomic E-state index is 9.04. The summed E-state index contributed by atoms with van der Waals surface area (Å²) in [5.41, 5.74) is 0.976. The van der Waals surface area contributed by atoms with Gasteiger partial charge in [0.2, 0.25) is 0 Å². The van der Waals surface area contributed by atoms with Gasteiger partial charge in [0, 0.05) is 9.50 Å². The van der Waals surface area contributed by atoms with E-state index < -0.39 is 0 Å².